The highest BCUT2D eigenvalue weighted by atomic mass is 35.5. The minimum atomic E-state index is 0. The number of halogens is 2. The molecule has 1 heterocycles. The van der Waals surface area contributed by atoms with E-state index >= 15 is 0 Å². The zero-order valence-corrected chi connectivity index (χ0v) is 5.57. The molecule has 1 rings (SSSR count). The molecule has 0 unspecified atom stereocenters. The Labute approximate surface area is 55.8 Å². The molecule has 1 aliphatic heterocycles. The van der Waals surface area contributed by atoms with Crippen LogP contribution in [-0.2, 0) is 0 Å². The summed E-state index contributed by atoms with van der Waals surface area (Å²) in [4.78, 5) is 0. The lowest BCUT2D eigenvalue weighted by atomic mass is 10.5. The standard InChI is InChI=1S/C3H8N2.2ClH/c1-2-4-5-3-1;;/h4-5H,1-3H2;2*1H. The van der Waals surface area contributed by atoms with Crippen LogP contribution in [0.3, 0.4) is 0 Å². The van der Waals surface area contributed by atoms with Crippen molar-refractivity contribution in [3.05, 3.63) is 0 Å². The molecule has 0 bridgehead atoms. The van der Waals surface area contributed by atoms with Gasteiger partial charge in [-0.05, 0) is 6.42 Å². The van der Waals surface area contributed by atoms with E-state index in [2.05, 4.69) is 10.9 Å². The summed E-state index contributed by atoms with van der Waals surface area (Å²) in [5.41, 5.74) is 5.94. The first kappa shape index (κ1) is 10.5. The van der Waals surface area contributed by atoms with Crippen LogP contribution in [0, 0.1) is 0 Å². The zero-order chi connectivity index (χ0) is 3.54. The van der Waals surface area contributed by atoms with Gasteiger partial charge >= 0.3 is 0 Å². The third kappa shape index (κ3) is 4.35. The lowest BCUT2D eigenvalue weighted by Crippen LogP contribution is -2.21. The fourth-order valence-electron chi connectivity index (χ4n) is 0.442. The number of hydrazine groups is 1. The monoisotopic (exact) mass is 144 g/mol. The summed E-state index contributed by atoms with van der Waals surface area (Å²) < 4.78 is 0. The van der Waals surface area contributed by atoms with Crippen LogP contribution in [0.1, 0.15) is 6.42 Å². The smallest absolute Gasteiger partial charge is 0.0112 e. The first-order valence-electron chi connectivity index (χ1n) is 1.96. The van der Waals surface area contributed by atoms with Gasteiger partial charge in [-0.25, -0.2) is 0 Å². The topological polar surface area (TPSA) is 24.1 Å². The van der Waals surface area contributed by atoms with Crippen LogP contribution in [0.15, 0.2) is 0 Å². The minimum absolute atomic E-state index is 0. The highest BCUT2D eigenvalue weighted by Gasteiger charge is 1.91. The van der Waals surface area contributed by atoms with Crippen molar-refractivity contribution in [3.63, 3.8) is 0 Å². The Balaban J connectivity index is 0. The molecule has 7 heavy (non-hydrogen) atoms. The first-order chi connectivity index (χ1) is 2.50. The van der Waals surface area contributed by atoms with Gasteiger partial charge in [0.15, 0.2) is 0 Å². The van der Waals surface area contributed by atoms with Crippen molar-refractivity contribution in [3.8, 4) is 0 Å². The maximum Gasteiger partial charge on any atom is 0.0112 e. The van der Waals surface area contributed by atoms with Gasteiger partial charge in [0.05, 0.1) is 0 Å². The molecule has 0 aliphatic carbocycles. The molecule has 0 atom stereocenters. The summed E-state index contributed by atoms with van der Waals surface area (Å²) in [6, 6.07) is 0. The summed E-state index contributed by atoms with van der Waals surface area (Å²) in [7, 11) is 0. The van der Waals surface area contributed by atoms with Gasteiger partial charge in [0.2, 0.25) is 0 Å². The third-order valence-electron chi connectivity index (χ3n) is 0.729. The van der Waals surface area contributed by atoms with Crippen LogP contribution in [0.4, 0.5) is 0 Å². The van der Waals surface area contributed by atoms with Gasteiger partial charge in [0, 0.05) is 13.1 Å². The van der Waals surface area contributed by atoms with E-state index in [0.717, 1.165) is 13.1 Å². The van der Waals surface area contributed by atoms with E-state index in [1.54, 1.807) is 0 Å². The van der Waals surface area contributed by atoms with E-state index < -0.39 is 0 Å². The maximum atomic E-state index is 2.97. The zero-order valence-electron chi connectivity index (χ0n) is 3.94. The molecule has 1 fully saturated rings. The lowest BCUT2D eigenvalue weighted by molar-refractivity contribution is 0.689. The van der Waals surface area contributed by atoms with Crippen molar-refractivity contribution in [2.45, 2.75) is 6.42 Å². The fourth-order valence-corrected chi connectivity index (χ4v) is 0.442. The van der Waals surface area contributed by atoms with Gasteiger partial charge in [-0.2, -0.15) is 0 Å². The summed E-state index contributed by atoms with van der Waals surface area (Å²) >= 11 is 0. The Morgan fingerprint density at radius 3 is 1.43 bits per heavy atom. The maximum absolute atomic E-state index is 2.97. The molecule has 0 saturated carbocycles. The molecule has 2 nitrogen and oxygen atoms in total. The number of nitrogens with one attached hydrogen (secondary N) is 2. The van der Waals surface area contributed by atoms with Crippen LogP contribution in [-0.4, -0.2) is 13.1 Å². The summed E-state index contributed by atoms with van der Waals surface area (Å²) in [5.74, 6) is 0. The molecule has 2 N–H and O–H groups in total. The van der Waals surface area contributed by atoms with E-state index in [-0.39, 0.29) is 24.8 Å². The van der Waals surface area contributed by atoms with Crippen molar-refractivity contribution < 1.29 is 0 Å². The number of hydrogen-bond donors (Lipinski definition) is 2. The molecule has 1 aliphatic rings. The van der Waals surface area contributed by atoms with E-state index in [1.807, 2.05) is 0 Å². The van der Waals surface area contributed by atoms with Crippen molar-refractivity contribution in [1.29, 1.82) is 0 Å². The molecular formula is C3H10Cl2N2. The Kier molecular flexibility index (Phi) is 9.73. The molecule has 0 spiro atoms. The van der Waals surface area contributed by atoms with Crippen molar-refractivity contribution in [2.75, 3.05) is 13.1 Å². The second-order valence-electron chi connectivity index (χ2n) is 1.21. The highest BCUT2D eigenvalue weighted by molar-refractivity contribution is 5.85. The van der Waals surface area contributed by atoms with Gasteiger partial charge < -0.3 is 0 Å². The van der Waals surface area contributed by atoms with Gasteiger partial charge in [-0.1, -0.05) is 0 Å². The predicted octanol–water partition coefficient (Wildman–Crippen LogP) is 0.328. The minimum Gasteiger partial charge on any atom is -0.258 e. The molecule has 0 radical (unpaired) electrons. The quantitative estimate of drug-likeness (QED) is 0.513. The molecule has 0 aromatic heterocycles. The van der Waals surface area contributed by atoms with Gasteiger partial charge in [0.25, 0.3) is 0 Å². The SMILES string of the molecule is C1CNNC1.Cl.Cl. The summed E-state index contributed by atoms with van der Waals surface area (Å²) in [5, 5.41) is 0. The molecule has 46 valence electrons. The average molecular weight is 145 g/mol. The Hall–Kier alpha value is 0.500. The molecular weight excluding hydrogens is 135 g/mol. The van der Waals surface area contributed by atoms with E-state index in [4.69, 9.17) is 0 Å². The molecule has 1 saturated heterocycles. The first-order valence-corrected chi connectivity index (χ1v) is 1.96. The Morgan fingerprint density at radius 2 is 1.29 bits per heavy atom. The number of rotatable bonds is 0. The fraction of sp³-hybridized carbons (Fsp3) is 1.00. The number of hydrogen-bond acceptors (Lipinski definition) is 2. The predicted molar refractivity (Wildman–Crippen MR) is 35.1 cm³/mol. The van der Waals surface area contributed by atoms with Crippen molar-refractivity contribution >= 4 is 24.8 Å². The second kappa shape index (κ2) is 6.50. The van der Waals surface area contributed by atoms with Crippen LogP contribution in [0.5, 0.6) is 0 Å². The largest absolute Gasteiger partial charge is 0.258 e. The van der Waals surface area contributed by atoms with E-state index in [0.29, 0.717) is 0 Å². The second-order valence-corrected chi connectivity index (χ2v) is 1.21. The van der Waals surface area contributed by atoms with Crippen LogP contribution < -0.4 is 10.9 Å². The van der Waals surface area contributed by atoms with Crippen LogP contribution in [0.2, 0.25) is 0 Å². The van der Waals surface area contributed by atoms with Gasteiger partial charge in [-0.15, -0.1) is 24.8 Å². The van der Waals surface area contributed by atoms with E-state index in [9.17, 15) is 0 Å². The van der Waals surface area contributed by atoms with Gasteiger partial charge in [-0.3, -0.25) is 10.9 Å². The van der Waals surface area contributed by atoms with Gasteiger partial charge in [0.1, 0.15) is 0 Å². The Morgan fingerprint density at radius 1 is 0.857 bits per heavy atom. The molecule has 0 aromatic carbocycles. The average Bonchev–Trinajstić information content (AvgIpc) is 1.76. The van der Waals surface area contributed by atoms with E-state index in [1.165, 1.54) is 6.42 Å². The summed E-state index contributed by atoms with van der Waals surface area (Å²) in [6.45, 7) is 2.28. The van der Waals surface area contributed by atoms with Crippen molar-refractivity contribution in [1.82, 2.24) is 10.9 Å². The highest BCUT2D eigenvalue weighted by Crippen LogP contribution is 1.74. The molecule has 0 amide bonds. The normalized spacial score (nSPS) is 17.1. The molecule has 4 heteroatoms. The van der Waals surface area contributed by atoms with Crippen LogP contribution in [0.25, 0.3) is 0 Å². The van der Waals surface area contributed by atoms with Crippen LogP contribution >= 0.6 is 24.8 Å². The lowest BCUT2D eigenvalue weighted by Gasteiger charge is -1.81. The van der Waals surface area contributed by atoms with Crippen molar-refractivity contribution in [2.24, 2.45) is 0 Å². The Bertz CT molecular complexity index is 22.5. The summed E-state index contributed by atoms with van der Waals surface area (Å²) in [6.07, 6.45) is 1.28. The third-order valence-corrected chi connectivity index (χ3v) is 0.729. The molecule has 0 aromatic rings.